The van der Waals surface area contributed by atoms with Gasteiger partial charge in [-0.1, -0.05) is 29.3 Å². The van der Waals surface area contributed by atoms with Gasteiger partial charge in [0.05, 0.1) is 10.0 Å². The van der Waals surface area contributed by atoms with Crippen molar-refractivity contribution in [1.29, 1.82) is 5.26 Å². The first-order valence-electron chi connectivity index (χ1n) is 6.86. The number of nitrogen functional groups attached to an aromatic ring is 1. The normalized spacial score (nSPS) is 14.5. The van der Waals surface area contributed by atoms with Crippen LogP contribution in [0.1, 0.15) is 16.8 Å². The summed E-state index contributed by atoms with van der Waals surface area (Å²) >= 11 is 12.1. The number of aromatic nitrogens is 1. The van der Waals surface area contributed by atoms with Crippen LogP contribution in [0.4, 0.5) is 5.82 Å². The summed E-state index contributed by atoms with van der Waals surface area (Å²) in [6.45, 7) is 1.65. The third-order valence-corrected chi connectivity index (χ3v) is 4.63. The number of likely N-dealkylation sites (N-methyl/N-ethyl adjacent to an activating group) is 1. The molecule has 2 N–H and O–H groups in total. The van der Waals surface area contributed by atoms with E-state index < -0.39 is 0 Å². The minimum absolute atomic E-state index is 0.270. The van der Waals surface area contributed by atoms with E-state index >= 15 is 0 Å². The summed E-state index contributed by atoms with van der Waals surface area (Å²) in [4.78, 5) is 6.61. The fourth-order valence-corrected chi connectivity index (χ4v) is 3.10. The summed E-state index contributed by atoms with van der Waals surface area (Å²) in [7, 11) is 2.05. The van der Waals surface area contributed by atoms with Gasteiger partial charge in [0.2, 0.25) is 0 Å². The second-order valence-corrected chi connectivity index (χ2v) is 6.22. The molecule has 1 aliphatic heterocycles. The number of nitrogens with two attached hydrogens (primary N) is 1. The predicted octanol–water partition coefficient (Wildman–Crippen LogP) is 3.50. The van der Waals surface area contributed by atoms with Gasteiger partial charge in [-0.15, -0.1) is 0 Å². The third kappa shape index (κ3) is 2.52. The Kier molecular flexibility index (Phi) is 3.96. The fourth-order valence-electron chi connectivity index (χ4n) is 2.80. The zero-order chi connectivity index (χ0) is 15.9. The largest absolute Gasteiger partial charge is 0.383 e. The van der Waals surface area contributed by atoms with E-state index in [0.717, 1.165) is 41.9 Å². The highest BCUT2D eigenvalue weighted by Gasteiger charge is 2.24. The maximum Gasteiger partial charge on any atom is 0.142 e. The van der Waals surface area contributed by atoms with Crippen LogP contribution in [0.5, 0.6) is 0 Å². The van der Waals surface area contributed by atoms with Crippen molar-refractivity contribution >= 4 is 29.0 Å². The molecule has 0 atom stereocenters. The van der Waals surface area contributed by atoms with Gasteiger partial charge < -0.3 is 10.6 Å². The monoisotopic (exact) mass is 332 g/mol. The molecule has 1 aliphatic rings. The third-order valence-electron chi connectivity index (χ3n) is 3.89. The van der Waals surface area contributed by atoms with Gasteiger partial charge in [0, 0.05) is 30.8 Å². The summed E-state index contributed by atoms with van der Waals surface area (Å²) in [6, 6.07) is 7.54. The highest BCUT2D eigenvalue weighted by molar-refractivity contribution is 6.42. The Labute approximate surface area is 139 Å². The number of hydrogen-bond donors (Lipinski definition) is 1. The second kappa shape index (κ2) is 5.77. The number of halogens is 2. The van der Waals surface area contributed by atoms with Gasteiger partial charge in [-0.25, -0.2) is 4.98 Å². The smallest absolute Gasteiger partial charge is 0.142 e. The van der Waals surface area contributed by atoms with Gasteiger partial charge in [-0.3, -0.25) is 0 Å². The Balaban J connectivity index is 2.31. The molecule has 1 aromatic carbocycles. The van der Waals surface area contributed by atoms with Crippen molar-refractivity contribution in [2.45, 2.75) is 13.0 Å². The first-order chi connectivity index (χ1) is 10.5. The zero-order valence-corrected chi connectivity index (χ0v) is 13.5. The topological polar surface area (TPSA) is 65.9 Å². The van der Waals surface area contributed by atoms with Crippen LogP contribution in [0.2, 0.25) is 10.0 Å². The van der Waals surface area contributed by atoms with Crippen molar-refractivity contribution in [1.82, 2.24) is 9.88 Å². The quantitative estimate of drug-likeness (QED) is 0.867. The molecule has 0 aliphatic carbocycles. The van der Waals surface area contributed by atoms with Crippen LogP contribution < -0.4 is 5.73 Å². The zero-order valence-electron chi connectivity index (χ0n) is 12.0. The van der Waals surface area contributed by atoms with Crippen LogP contribution in [0.25, 0.3) is 11.1 Å². The lowest BCUT2D eigenvalue weighted by Crippen LogP contribution is -2.28. The SMILES string of the molecule is CN1CCc2nc(N)c(C#N)c(-c3ccc(Cl)c(Cl)c3)c2C1. The van der Waals surface area contributed by atoms with Crippen molar-refractivity contribution < 1.29 is 0 Å². The summed E-state index contributed by atoms with van der Waals surface area (Å²) in [6.07, 6.45) is 0.816. The molecule has 0 amide bonds. The van der Waals surface area contributed by atoms with Gasteiger partial charge >= 0.3 is 0 Å². The Morgan fingerprint density at radius 3 is 2.77 bits per heavy atom. The number of nitrogens with zero attached hydrogens (tertiary/aromatic N) is 3. The summed E-state index contributed by atoms with van der Waals surface area (Å²) in [5.41, 5.74) is 10.0. The van der Waals surface area contributed by atoms with Crippen LogP contribution in [-0.4, -0.2) is 23.5 Å². The molecular formula is C16H14Cl2N4. The van der Waals surface area contributed by atoms with Gasteiger partial charge in [-0.2, -0.15) is 5.26 Å². The van der Waals surface area contributed by atoms with Crippen molar-refractivity contribution in [2.24, 2.45) is 0 Å². The van der Waals surface area contributed by atoms with E-state index in [-0.39, 0.29) is 5.82 Å². The molecule has 0 fully saturated rings. The molecule has 112 valence electrons. The van der Waals surface area contributed by atoms with E-state index in [1.54, 1.807) is 12.1 Å². The molecule has 6 heteroatoms. The summed E-state index contributed by atoms with van der Waals surface area (Å²) < 4.78 is 0. The van der Waals surface area contributed by atoms with E-state index in [0.29, 0.717) is 15.6 Å². The average Bonchev–Trinajstić information content (AvgIpc) is 2.49. The lowest BCUT2D eigenvalue weighted by molar-refractivity contribution is 0.310. The highest BCUT2D eigenvalue weighted by Crippen LogP contribution is 2.37. The van der Waals surface area contributed by atoms with E-state index in [4.69, 9.17) is 28.9 Å². The summed E-state index contributed by atoms with van der Waals surface area (Å²) in [5.74, 6) is 0.270. The Morgan fingerprint density at radius 1 is 1.32 bits per heavy atom. The number of anilines is 1. The Bertz CT molecular complexity index is 796. The van der Waals surface area contributed by atoms with Gasteiger partial charge in [0.1, 0.15) is 17.5 Å². The molecule has 2 aromatic rings. The molecule has 0 radical (unpaired) electrons. The molecule has 0 spiro atoms. The van der Waals surface area contributed by atoms with Crippen LogP contribution in [0.3, 0.4) is 0 Å². The molecule has 0 unspecified atom stereocenters. The van der Waals surface area contributed by atoms with E-state index in [1.165, 1.54) is 0 Å². The fraction of sp³-hybridized carbons (Fsp3) is 0.250. The Morgan fingerprint density at radius 2 is 2.09 bits per heavy atom. The second-order valence-electron chi connectivity index (χ2n) is 5.40. The van der Waals surface area contributed by atoms with E-state index in [9.17, 15) is 5.26 Å². The Hall–Kier alpha value is -1.80. The summed E-state index contributed by atoms with van der Waals surface area (Å²) in [5, 5.41) is 10.4. The minimum atomic E-state index is 0.270. The molecular weight excluding hydrogens is 319 g/mol. The molecule has 0 saturated carbocycles. The number of nitriles is 1. The highest BCUT2D eigenvalue weighted by atomic mass is 35.5. The maximum atomic E-state index is 9.51. The first-order valence-corrected chi connectivity index (χ1v) is 7.62. The van der Waals surface area contributed by atoms with Gasteiger partial charge in [-0.05, 0) is 30.3 Å². The van der Waals surface area contributed by atoms with Crippen molar-refractivity contribution in [3.63, 3.8) is 0 Å². The number of fused-ring (bicyclic) bond motifs is 1. The van der Waals surface area contributed by atoms with Gasteiger partial charge in [0.15, 0.2) is 0 Å². The predicted molar refractivity (Wildman–Crippen MR) is 88.9 cm³/mol. The molecule has 4 nitrogen and oxygen atoms in total. The van der Waals surface area contributed by atoms with Crippen molar-refractivity contribution in [3.05, 3.63) is 45.1 Å². The maximum absolute atomic E-state index is 9.51. The molecule has 0 saturated heterocycles. The molecule has 1 aromatic heterocycles. The molecule has 2 heterocycles. The van der Waals surface area contributed by atoms with Crippen LogP contribution >= 0.6 is 23.2 Å². The average molecular weight is 333 g/mol. The van der Waals surface area contributed by atoms with E-state index in [1.807, 2.05) is 13.1 Å². The van der Waals surface area contributed by atoms with Crippen LogP contribution in [-0.2, 0) is 13.0 Å². The lowest BCUT2D eigenvalue weighted by Gasteiger charge is -2.27. The lowest BCUT2D eigenvalue weighted by atomic mass is 9.91. The standard InChI is InChI=1S/C16H14Cl2N4/c1-22-5-4-14-11(8-22)15(10(7-19)16(20)21-14)9-2-3-12(17)13(18)6-9/h2-3,6H,4-5,8H2,1H3,(H2,20,21). The number of benzene rings is 1. The minimum Gasteiger partial charge on any atom is -0.383 e. The van der Waals surface area contributed by atoms with E-state index in [2.05, 4.69) is 16.0 Å². The van der Waals surface area contributed by atoms with Crippen molar-refractivity contribution in [2.75, 3.05) is 19.3 Å². The number of pyridine rings is 1. The van der Waals surface area contributed by atoms with Crippen molar-refractivity contribution in [3.8, 4) is 17.2 Å². The van der Waals surface area contributed by atoms with Crippen LogP contribution in [0.15, 0.2) is 18.2 Å². The number of hydrogen-bond acceptors (Lipinski definition) is 4. The molecule has 3 rings (SSSR count). The number of rotatable bonds is 1. The molecule has 0 bridgehead atoms. The molecule has 22 heavy (non-hydrogen) atoms. The van der Waals surface area contributed by atoms with Gasteiger partial charge in [0.25, 0.3) is 0 Å². The van der Waals surface area contributed by atoms with Crippen LogP contribution in [0, 0.1) is 11.3 Å². The first kappa shape index (κ1) is 15.1.